The summed E-state index contributed by atoms with van der Waals surface area (Å²) in [5, 5.41) is 13.2. The minimum Gasteiger partial charge on any atom is -0.478 e. The number of carbonyl (C=O) groups is 1. The third-order valence-corrected chi connectivity index (χ3v) is 3.49. The lowest BCUT2D eigenvalue weighted by Gasteiger charge is -2.07. The van der Waals surface area contributed by atoms with Gasteiger partial charge >= 0.3 is 5.97 Å². The highest BCUT2D eigenvalue weighted by atomic mass is 16.4. The van der Waals surface area contributed by atoms with Crippen LogP contribution in [0.1, 0.15) is 35.6 Å². The van der Waals surface area contributed by atoms with Crippen molar-refractivity contribution < 1.29 is 9.90 Å². The van der Waals surface area contributed by atoms with Gasteiger partial charge in [-0.3, -0.25) is 0 Å². The van der Waals surface area contributed by atoms with E-state index in [1.54, 1.807) is 6.08 Å². The lowest BCUT2D eigenvalue weighted by Crippen LogP contribution is -1.99. The topological polar surface area (TPSA) is 55.1 Å². The van der Waals surface area contributed by atoms with Crippen LogP contribution in [0.3, 0.4) is 0 Å². The molecular weight excluding hydrogens is 252 g/mol. The third-order valence-electron chi connectivity index (χ3n) is 3.49. The number of rotatable bonds is 4. The Morgan fingerprint density at radius 1 is 1.40 bits per heavy atom. The maximum absolute atomic E-state index is 10.5. The predicted octanol–water partition coefficient (Wildman–Crippen LogP) is 3.16. The Labute approximate surface area is 117 Å². The summed E-state index contributed by atoms with van der Waals surface area (Å²) in [6.45, 7) is 2.01. The lowest BCUT2D eigenvalue weighted by molar-refractivity contribution is -0.131. The number of benzene rings is 1. The van der Waals surface area contributed by atoms with Crippen LogP contribution < -0.4 is 0 Å². The second-order valence-electron chi connectivity index (χ2n) is 5.18. The molecule has 1 saturated carbocycles. The van der Waals surface area contributed by atoms with E-state index in [-0.39, 0.29) is 0 Å². The van der Waals surface area contributed by atoms with Gasteiger partial charge in [-0.1, -0.05) is 6.07 Å². The summed E-state index contributed by atoms with van der Waals surface area (Å²) in [6, 6.07) is 7.92. The molecule has 3 rings (SSSR count). The van der Waals surface area contributed by atoms with Crippen molar-refractivity contribution in [3.8, 4) is 5.69 Å². The summed E-state index contributed by atoms with van der Waals surface area (Å²) < 4.78 is 1.90. The number of aryl methyl sites for hydroxylation is 1. The second kappa shape index (κ2) is 4.96. The molecule has 1 heterocycles. The first kappa shape index (κ1) is 12.7. The van der Waals surface area contributed by atoms with Crippen LogP contribution in [-0.4, -0.2) is 20.9 Å². The van der Waals surface area contributed by atoms with E-state index < -0.39 is 5.97 Å². The molecule has 4 heteroatoms. The third kappa shape index (κ3) is 2.64. The zero-order valence-electron chi connectivity index (χ0n) is 11.3. The molecular formula is C16H16N2O2. The van der Waals surface area contributed by atoms with E-state index >= 15 is 0 Å². The molecule has 1 aliphatic carbocycles. The average molecular weight is 268 g/mol. The predicted molar refractivity (Wildman–Crippen MR) is 76.9 cm³/mol. The maximum atomic E-state index is 10.5. The molecule has 0 amide bonds. The van der Waals surface area contributed by atoms with Crippen LogP contribution >= 0.6 is 0 Å². The van der Waals surface area contributed by atoms with Crippen LogP contribution in [0.25, 0.3) is 11.8 Å². The molecule has 4 nitrogen and oxygen atoms in total. The molecule has 1 fully saturated rings. The van der Waals surface area contributed by atoms with Crippen molar-refractivity contribution in [3.63, 3.8) is 0 Å². The van der Waals surface area contributed by atoms with Gasteiger partial charge in [-0.15, -0.1) is 0 Å². The van der Waals surface area contributed by atoms with E-state index in [4.69, 9.17) is 5.11 Å². The number of aromatic nitrogens is 2. The smallest absolute Gasteiger partial charge is 0.328 e. The van der Waals surface area contributed by atoms with Crippen molar-refractivity contribution >= 4 is 12.0 Å². The minimum absolute atomic E-state index is 0.648. The molecule has 0 atom stereocenters. The Kier molecular flexibility index (Phi) is 3.14. The summed E-state index contributed by atoms with van der Waals surface area (Å²) in [6.07, 6.45) is 7.22. The van der Waals surface area contributed by atoms with Crippen LogP contribution in [0.2, 0.25) is 0 Å². The van der Waals surface area contributed by atoms with Gasteiger partial charge in [-0.2, -0.15) is 5.10 Å². The van der Waals surface area contributed by atoms with Crippen LogP contribution in [0.5, 0.6) is 0 Å². The normalized spacial score (nSPS) is 14.8. The molecule has 20 heavy (non-hydrogen) atoms. The molecule has 1 N–H and O–H groups in total. The molecule has 0 spiro atoms. The van der Waals surface area contributed by atoms with E-state index in [1.165, 1.54) is 18.5 Å². The van der Waals surface area contributed by atoms with Crippen molar-refractivity contribution in [1.82, 2.24) is 9.78 Å². The van der Waals surface area contributed by atoms with Crippen molar-refractivity contribution in [2.75, 3.05) is 0 Å². The molecule has 102 valence electrons. The molecule has 1 aromatic heterocycles. The monoisotopic (exact) mass is 268 g/mol. The fourth-order valence-electron chi connectivity index (χ4n) is 2.28. The fourth-order valence-corrected chi connectivity index (χ4v) is 2.28. The molecule has 0 radical (unpaired) electrons. The largest absolute Gasteiger partial charge is 0.478 e. The van der Waals surface area contributed by atoms with Crippen LogP contribution in [0, 0.1) is 6.92 Å². The van der Waals surface area contributed by atoms with Gasteiger partial charge in [-0.25, -0.2) is 9.48 Å². The number of nitrogens with zero attached hydrogens (tertiary/aromatic N) is 2. The lowest BCUT2D eigenvalue weighted by atomic mass is 10.1. The quantitative estimate of drug-likeness (QED) is 0.867. The Bertz CT molecular complexity index is 682. The van der Waals surface area contributed by atoms with E-state index in [2.05, 4.69) is 11.2 Å². The SMILES string of the molecule is Cc1cc(C=CC(=O)O)ccc1-n1ccc(C2CC2)n1. The number of carboxylic acid groups (broad SMARTS) is 1. The highest BCUT2D eigenvalue weighted by Gasteiger charge is 2.25. The van der Waals surface area contributed by atoms with Gasteiger partial charge < -0.3 is 5.11 Å². The Balaban J connectivity index is 1.87. The summed E-state index contributed by atoms with van der Waals surface area (Å²) in [5.41, 5.74) is 4.15. The summed E-state index contributed by atoms with van der Waals surface area (Å²) >= 11 is 0. The molecule has 1 aliphatic rings. The van der Waals surface area contributed by atoms with E-state index in [0.717, 1.165) is 22.9 Å². The zero-order valence-corrected chi connectivity index (χ0v) is 11.3. The van der Waals surface area contributed by atoms with Crippen molar-refractivity contribution in [1.29, 1.82) is 0 Å². The van der Waals surface area contributed by atoms with Crippen LogP contribution in [0.15, 0.2) is 36.5 Å². The van der Waals surface area contributed by atoms with Gasteiger partial charge in [-0.05, 0) is 55.2 Å². The Morgan fingerprint density at radius 3 is 2.85 bits per heavy atom. The summed E-state index contributed by atoms with van der Waals surface area (Å²) in [4.78, 5) is 10.5. The van der Waals surface area contributed by atoms with Gasteiger partial charge in [0.2, 0.25) is 0 Å². The molecule has 0 saturated heterocycles. The summed E-state index contributed by atoms with van der Waals surface area (Å²) in [7, 11) is 0. The minimum atomic E-state index is -0.937. The second-order valence-corrected chi connectivity index (χ2v) is 5.18. The number of hydrogen-bond donors (Lipinski definition) is 1. The first-order valence-electron chi connectivity index (χ1n) is 6.71. The average Bonchev–Trinajstić information content (AvgIpc) is 3.15. The van der Waals surface area contributed by atoms with Gasteiger partial charge in [0.05, 0.1) is 11.4 Å². The van der Waals surface area contributed by atoms with Crippen molar-refractivity contribution in [3.05, 3.63) is 53.4 Å². The maximum Gasteiger partial charge on any atom is 0.328 e. The molecule has 0 bridgehead atoms. The number of carboxylic acids is 1. The highest BCUT2D eigenvalue weighted by Crippen LogP contribution is 2.39. The first-order chi connectivity index (χ1) is 9.63. The van der Waals surface area contributed by atoms with Gasteiger partial charge in [0, 0.05) is 18.2 Å². The number of aliphatic carboxylic acids is 1. The van der Waals surface area contributed by atoms with E-state index in [0.29, 0.717) is 5.92 Å². The fraction of sp³-hybridized carbons (Fsp3) is 0.250. The Morgan fingerprint density at radius 2 is 2.20 bits per heavy atom. The van der Waals surface area contributed by atoms with Gasteiger partial charge in [0.15, 0.2) is 0 Å². The zero-order chi connectivity index (χ0) is 14.1. The van der Waals surface area contributed by atoms with Crippen LogP contribution in [-0.2, 0) is 4.79 Å². The number of hydrogen-bond acceptors (Lipinski definition) is 2. The standard InChI is InChI=1S/C16H16N2O2/c1-11-10-12(3-7-16(19)20)2-6-15(11)18-9-8-14(17-18)13-4-5-13/h2-3,6-10,13H,4-5H2,1H3,(H,19,20). The molecule has 0 unspecified atom stereocenters. The highest BCUT2D eigenvalue weighted by molar-refractivity contribution is 5.85. The van der Waals surface area contributed by atoms with Crippen molar-refractivity contribution in [2.24, 2.45) is 0 Å². The van der Waals surface area contributed by atoms with Crippen LogP contribution in [0.4, 0.5) is 0 Å². The van der Waals surface area contributed by atoms with E-state index in [9.17, 15) is 4.79 Å². The van der Waals surface area contributed by atoms with Gasteiger partial charge in [0.25, 0.3) is 0 Å². The van der Waals surface area contributed by atoms with Crippen molar-refractivity contribution in [2.45, 2.75) is 25.7 Å². The molecule has 1 aromatic carbocycles. The van der Waals surface area contributed by atoms with Gasteiger partial charge in [0.1, 0.15) is 0 Å². The Hall–Kier alpha value is -2.36. The first-order valence-corrected chi connectivity index (χ1v) is 6.71. The molecule has 2 aromatic rings. The molecule has 0 aliphatic heterocycles. The summed E-state index contributed by atoms with van der Waals surface area (Å²) in [5.74, 6) is -0.290. The van der Waals surface area contributed by atoms with E-state index in [1.807, 2.05) is 36.0 Å².